The Morgan fingerprint density at radius 3 is 1.69 bits per heavy atom. The van der Waals surface area contributed by atoms with Crippen LogP contribution < -0.4 is 10.5 Å². The minimum atomic E-state index is -2.32. The summed E-state index contributed by atoms with van der Waals surface area (Å²) in [4.78, 5) is 1.41. The van der Waals surface area contributed by atoms with E-state index in [-0.39, 0.29) is 11.4 Å². The fraction of sp³-hybridized carbons (Fsp3) is 0.724. The Kier molecular flexibility index (Phi) is 8.24. The molecule has 39 heavy (non-hydrogen) atoms. The van der Waals surface area contributed by atoms with Gasteiger partial charge < -0.3 is 10.5 Å². The van der Waals surface area contributed by atoms with E-state index in [9.17, 15) is 22.8 Å². The van der Waals surface area contributed by atoms with E-state index in [4.69, 9.17) is 27.5 Å². The molecule has 0 radical (unpaired) electrons. The van der Waals surface area contributed by atoms with Gasteiger partial charge in [0.25, 0.3) is 0 Å². The summed E-state index contributed by atoms with van der Waals surface area (Å²) >= 11 is 5.89. The van der Waals surface area contributed by atoms with Gasteiger partial charge in [0.2, 0.25) is 12.9 Å². The fourth-order valence-corrected chi connectivity index (χ4v) is 7.06. The van der Waals surface area contributed by atoms with Crippen molar-refractivity contribution in [3.8, 4) is 11.9 Å². The molecule has 6 saturated carbocycles. The number of hydrogen-bond donors (Lipinski definition) is 2. The molecule has 0 heterocycles. The van der Waals surface area contributed by atoms with Gasteiger partial charge >= 0.3 is 0 Å². The summed E-state index contributed by atoms with van der Waals surface area (Å²) in [7, 11) is 0. The Labute approximate surface area is 233 Å². The van der Waals surface area contributed by atoms with E-state index in [0.29, 0.717) is 68.6 Å². The van der Waals surface area contributed by atoms with Gasteiger partial charge in [0, 0.05) is 21.4 Å². The lowest BCUT2D eigenvalue weighted by Gasteiger charge is -2.56. The Morgan fingerprint density at radius 2 is 1.31 bits per heavy atom. The Bertz CT molecular complexity index is 1040. The molecule has 0 aliphatic heterocycles. The van der Waals surface area contributed by atoms with Crippen LogP contribution in [0.2, 0.25) is 5.02 Å². The summed E-state index contributed by atoms with van der Waals surface area (Å²) in [5.41, 5.74) is 2.77. The van der Waals surface area contributed by atoms with Crippen LogP contribution in [0.4, 0.5) is 17.6 Å². The predicted molar refractivity (Wildman–Crippen MR) is 143 cm³/mol. The first-order valence-corrected chi connectivity index (χ1v) is 14.2. The zero-order valence-electron chi connectivity index (χ0n) is 22.7. The molecule has 0 unspecified atom stereocenters. The summed E-state index contributed by atoms with van der Waals surface area (Å²) in [6, 6.07) is 6.82. The molecule has 0 atom stereocenters. The number of amidine groups is 1. The van der Waals surface area contributed by atoms with E-state index < -0.39 is 34.8 Å². The highest BCUT2D eigenvalue weighted by atomic mass is 35.5. The molecule has 6 aliphatic carbocycles. The van der Waals surface area contributed by atoms with Crippen LogP contribution in [0.1, 0.15) is 90.9 Å². The summed E-state index contributed by atoms with van der Waals surface area (Å²) < 4.78 is 58.3. The number of ether oxygens (including phenoxy) is 1. The average molecular weight is 571 g/mol. The van der Waals surface area contributed by atoms with E-state index in [1.165, 1.54) is 4.90 Å². The fourth-order valence-electron chi connectivity index (χ4n) is 6.94. The number of nitrogens with two attached hydrogens (primary N) is 1. The minimum absolute atomic E-state index is 0.0476. The van der Waals surface area contributed by atoms with Crippen molar-refractivity contribution in [1.82, 2.24) is 4.90 Å². The first-order valence-electron chi connectivity index (χ1n) is 13.8. The van der Waals surface area contributed by atoms with Crippen LogP contribution in [-0.2, 0) is 0 Å². The molecule has 10 heteroatoms. The molecule has 0 amide bonds. The number of hydrogen-bond acceptors (Lipinski definition) is 4. The van der Waals surface area contributed by atoms with Crippen molar-refractivity contribution in [3.63, 3.8) is 0 Å². The highest BCUT2D eigenvalue weighted by Gasteiger charge is 2.57. The van der Waals surface area contributed by atoms with Gasteiger partial charge in [-0.3, -0.25) is 10.3 Å². The summed E-state index contributed by atoms with van der Waals surface area (Å²) in [6.07, 6.45) is 4.72. The monoisotopic (exact) mass is 570 g/mol. The van der Waals surface area contributed by atoms with E-state index in [1.807, 2.05) is 0 Å². The Hall–Kier alpha value is -2.05. The van der Waals surface area contributed by atoms with Gasteiger partial charge in [0.1, 0.15) is 5.75 Å². The van der Waals surface area contributed by atoms with Crippen LogP contribution in [0, 0.1) is 27.7 Å². The number of nitrogens with one attached hydrogen (secondary N) is 1. The van der Waals surface area contributed by atoms with Crippen molar-refractivity contribution in [1.29, 1.82) is 10.7 Å². The number of halogens is 5. The number of benzene rings is 1. The minimum Gasteiger partial charge on any atom is -0.480 e. The van der Waals surface area contributed by atoms with E-state index in [2.05, 4.69) is 6.19 Å². The van der Waals surface area contributed by atoms with Crippen LogP contribution in [0.5, 0.6) is 5.75 Å². The van der Waals surface area contributed by atoms with Gasteiger partial charge in [-0.15, -0.1) is 0 Å². The second-order valence-electron chi connectivity index (χ2n) is 12.8. The zero-order valence-corrected chi connectivity index (χ0v) is 23.5. The number of nitriles is 1. The number of fused-ring (bicyclic) bond motifs is 6. The Morgan fingerprint density at radius 1 is 0.897 bits per heavy atom. The molecular weight excluding hydrogens is 532 g/mol. The van der Waals surface area contributed by atoms with Gasteiger partial charge in [0.05, 0.1) is 5.54 Å². The predicted octanol–water partition coefficient (Wildman–Crippen LogP) is 7.92. The second-order valence-corrected chi connectivity index (χ2v) is 13.2. The number of nitrogens with zero attached hydrogens (tertiary/aromatic N) is 2. The van der Waals surface area contributed by atoms with Crippen molar-refractivity contribution >= 4 is 17.4 Å². The van der Waals surface area contributed by atoms with Crippen molar-refractivity contribution in [3.05, 3.63) is 29.3 Å². The average Bonchev–Trinajstić information content (AvgIpc) is 2.92. The summed E-state index contributed by atoms with van der Waals surface area (Å²) in [5, 5.41) is 19.1. The largest absolute Gasteiger partial charge is 0.480 e. The molecular formula is C29H39ClF4N4O. The van der Waals surface area contributed by atoms with Crippen LogP contribution in [0.3, 0.4) is 0 Å². The lowest BCUT2D eigenvalue weighted by Crippen LogP contribution is -2.61. The van der Waals surface area contributed by atoms with Gasteiger partial charge in [-0.25, -0.2) is 17.6 Å². The third-order valence-corrected chi connectivity index (χ3v) is 10.4. The first kappa shape index (κ1) is 29.9. The quantitative estimate of drug-likeness (QED) is 0.120. The van der Waals surface area contributed by atoms with E-state index >= 15 is 0 Å². The SMILES string of the molecule is CC(C)(Oc1ccc(Cl)cc1)C(=N)N(C#N)C12CCC(C(F)F)(CC1)CC2.NC12CCC(C(F)F)(CC1)CC2. The summed E-state index contributed by atoms with van der Waals surface area (Å²) in [6.45, 7) is 3.47. The molecule has 6 aliphatic rings. The topological polar surface area (TPSA) is 86.1 Å². The highest BCUT2D eigenvalue weighted by Crippen LogP contribution is 2.57. The van der Waals surface area contributed by atoms with Gasteiger partial charge in [-0.2, -0.15) is 5.26 Å². The van der Waals surface area contributed by atoms with E-state index in [0.717, 1.165) is 19.3 Å². The molecule has 6 fully saturated rings. The lowest BCUT2D eigenvalue weighted by molar-refractivity contribution is -0.102. The first-order chi connectivity index (χ1) is 18.2. The van der Waals surface area contributed by atoms with Gasteiger partial charge in [-0.05, 0) is 115 Å². The third-order valence-electron chi connectivity index (χ3n) is 10.1. The van der Waals surface area contributed by atoms with Crippen molar-refractivity contribution in [2.75, 3.05) is 0 Å². The number of alkyl halides is 4. The maximum atomic E-state index is 13.5. The summed E-state index contributed by atoms with van der Waals surface area (Å²) in [5.74, 6) is 0.597. The maximum Gasteiger partial charge on any atom is 0.244 e. The standard InChI is InChI=1S/C20H24ClF2N3O.C9H15F2N/c1-18(2,27-15-5-3-14(21)4-6-15)17(25)26(13-24)20-10-7-19(8-11-20,9-12-20)16(22)23;10-7(11)8-1-4-9(12,5-2-8)6-3-8/h3-6,16,25H,7-12H2,1-2H3;7H,1-6,12H2. The smallest absolute Gasteiger partial charge is 0.244 e. The molecule has 4 bridgehead atoms. The molecule has 5 nitrogen and oxygen atoms in total. The third kappa shape index (κ3) is 5.74. The molecule has 7 rings (SSSR count). The molecule has 0 aromatic heterocycles. The highest BCUT2D eigenvalue weighted by molar-refractivity contribution is 6.30. The van der Waals surface area contributed by atoms with Crippen molar-refractivity contribution in [2.45, 2.75) is 120 Å². The van der Waals surface area contributed by atoms with Crippen molar-refractivity contribution < 1.29 is 22.3 Å². The van der Waals surface area contributed by atoms with Crippen LogP contribution in [0.25, 0.3) is 0 Å². The molecule has 1 aromatic rings. The van der Waals surface area contributed by atoms with Crippen LogP contribution in [-0.4, -0.2) is 40.3 Å². The second kappa shape index (κ2) is 10.7. The molecule has 216 valence electrons. The maximum absolute atomic E-state index is 13.5. The normalized spacial score (nSPS) is 33.4. The zero-order chi connectivity index (χ0) is 28.7. The van der Waals surface area contributed by atoms with Crippen molar-refractivity contribution in [2.24, 2.45) is 16.6 Å². The van der Waals surface area contributed by atoms with Crippen LogP contribution in [0.15, 0.2) is 24.3 Å². The lowest BCUT2D eigenvalue weighted by atomic mass is 9.56. The number of rotatable bonds is 6. The Balaban J connectivity index is 0.000000243. The molecule has 0 saturated heterocycles. The molecule has 3 N–H and O–H groups in total. The molecule has 0 spiro atoms. The van der Waals surface area contributed by atoms with Crippen LogP contribution >= 0.6 is 11.6 Å². The van der Waals surface area contributed by atoms with Gasteiger partial charge in [-0.1, -0.05) is 11.6 Å². The molecule has 1 aromatic carbocycles. The van der Waals surface area contributed by atoms with Gasteiger partial charge in [0.15, 0.2) is 17.6 Å². The van der Waals surface area contributed by atoms with E-state index in [1.54, 1.807) is 38.1 Å².